The standard InChI is InChI=1S/C11H8N2O5/c1-6-3-2-4-8(13(16)17)9(6)10-12-7(5-18-10)11(14)15/h2-5H,1H3,(H,14,15). The maximum absolute atomic E-state index is 10.9. The molecule has 2 rings (SSSR count). The van der Waals surface area contributed by atoms with Crippen molar-refractivity contribution < 1.29 is 19.2 Å². The van der Waals surface area contributed by atoms with E-state index in [1.807, 2.05) is 0 Å². The molecule has 0 aliphatic carbocycles. The van der Waals surface area contributed by atoms with Crippen molar-refractivity contribution in [3.8, 4) is 11.5 Å². The van der Waals surface area contributed by atoms with Crippen molar-refractivity contribution in [3.05, 3.63) is 45.8 Å². The molecule has 0 saturated carbocycles. The molecule has 0 fully saturated rings. The van der Waals surface area contributed by atoms with E-state index in [0.717, 1.165) is 6.26 Å². The number of benzene rings is 1. The van der Waals surface area contributed by atoms with Crippen LogP contribution in [0.2, 0.25) is 0 Å². The first-order chi connectivity index (χ1) is 8.50. The van der Waals surface area contributed by atoms with E-state index in [1.165, 1.54) is 12.1 Å². The number of hydrogen-bond acceptors (Lipinski definition) is 5. The van der Waals surface area contributed by atoms with Gasteiger partial charge in [0.25, 0.3) is 5.69 Å². The van der Waals surface area contributed by atoms with Crippen molar-refractivity contribution in [1.82, 2.24) is 4.98 Å². The summed E-state index contributed by atoms with van der Waals surface area (Å²) >= 11 is 0. The Bertz CT molecular complexity index is 632. The lowest BCUT2D eigenvalue weighted by molar-refractivity contribution is -0.384. The first-order valence-corrected chi connectivity index (χ1v) is 4.94. The Morgan fingerprint density at radius 3 is 2.78 bits per heavy atom. The van der Waals surface area contributed by atoms with Crippen molar-refractivity contribution in [2.45, 2.75) is 6.92 Å². The molecular weight excluding hydrogens is 240 g/mol. The van der Waals surface area contributed by atoms with Gasteiger partial charge in [-0.25, -0.2) is 9.78 Å². The Hall–Kier alpha value is -2.70. The molecule has 1 aromatic heterocycles. The van der Waals surface area contributed by atoms with Gasteiger partial charge in [-0.15, -0.1) is 0 Å². The highest BCUT2D eigenvalue weighted by molar-refractivity contribution is 5.86. The van der Waals surface area contributed by atoms with Crippen molar-refractivity contribution in [2.24, 2.45) is 0 Å². The molecule has 0 radical (unpaired) electrons. The first-order valence-electron chi connectivity index (χ1n) is 4.94. The number of carboxylic acids is 1. The number of oxazole rings is 1. The molecule has 0 amide bonds. The second kappa shape index (κ2) is 4.28. The molecular formula is C11H8N2O5. The average molecular weight is 248 g/mol. The van der Waals surface area contributed by atoms with Crippen LogP contribution in [0.15, 0.2) is 28.9 Å². The number of nitro benzene ring substituents is 1. The Balaban J connectivity index is 2.62. The summed E-state index contributed by atoms with van der Waals surface area (Å²) in [5.74, 6) is -1.32. The number of aryl methyl sites for hydroxylation is 1. The Morgan fingerprint density at radius 2 is 2.22 bits per heavy atom. The maximum Gasteiger partial charge on any atom is 0.357 e. The van der Waals surface area contributed by atoms with Crippen molar-refractivity contribution in [1.29, 1.82) is 0 Å². The molecule has 0 aliphatic rings. The van der Waals surface area contributed by atoms with Crippen LogP contribution >= 0.6 is 0 Å². The second-order valence-electron chi connectivity index (χ2n) is 3.57. The van der Waals surface area contributed by atoms with Crippen LogP contribution in [0.5, 0.6) is 0 Å². The van der Waals surface area contributed by atoms with Crippen LogP contribution < -0.4 is 0 Å². The fourth-order valence-electron chi connectivity index (χ4n) is 1.57. The summed E-state index contributed by atoms with van der Waals surface area (Å²) < 4.78 is 4.99. The van der Waals surface area contributed by atoms with E-state index in [0.29, 0.717) is 5.56 Å². The summed E-state index contributed by atoms with van der Waals surface area (Å²) in [6.07, 6.45) is 0.952. The number of carbonyl (C=O) groups is 1. The predicted molar refractivity (Wildman–Crippen MR) is 60.3 cm³/mol. The quantitative estimate of drug-likeness (QED) is 0.659. The van der Waals surface area contributed by atoms with Crippen LogP contribution in [-0.2, 0) is 0 Å². The fraction of sp³-hybridized carbons (Fsp3) is 0.0909. The number of nitrogens with zero attached hydrogens (tertiary/aromatic N) is 2. The molecule has 0 spiro atoms. The highest BCUT2D eigenvalue weighted by atomic mass is 16.6. The van der Waals surface area contributed by atoms with E-state index in [9.17, 15) is 14.9 Å². The molecule has 1 heterocycles. The molecule has 1 aromatic carbocycles. The molecule has 0 unspecified atom stereocenters. The van der Waals surface area contributed by atoms with Crippen LogP contribution in [0.25, 0.3) is 11.5 Å². The minimum Gasteiger partial charge on any atom is -0.476 e. The smallest absolute Gasteiger partial charge is 0.357 e. The number of nitro groups is 1. The van der Waals surface area contributed by atoms with Gasteiger partial charge >= 0.3 is 5.97 Å². The Kier molecular flexibility index (Phi) is 2.80. The molecule has 7 nitrogen and oxygen atoms in total. The number of carboxylic acid groups (broad SMARTS) is 1. The third-order valence-electron chi connectivity index (χ3n) is 2.38. The third-order valence-corrected chi connectivity index (χ3v) is 2.38. The van der Waals surface area contributed by atoms with Gasteiger partial charge < -0.3 is 9.52 Å². The van der Waals surface area contributed by atoms with E-state index in [4.69, 9.17) is 9.52 Å². The SMILES string of the molecule is Cc1cccc([N+](=O)[O-])c1-c1nc(C(=O)O)co1. The van der Waals surface area contributed by atoms with Crippen LogP contribution in [0.3, 0.4) is 0 Å². The Morgan fingerprint density at radius 1 is 1.50 bits per heavy atom. The van der Waals surface area contributed by atoms with Crippen molar-refractivity contribution in [3.63, 3.8) is 0 Å². The van der Waals surface area contributed by atoms with Gasteiger partial charge in [-0.1, -0.05) is 12.1 Å². The maximum atomic E-state index is 10.9. The number of aromatic carboxylic acids is 1. The van der Waals surface area contributed by atoms with E-state index in [2.05, 4.69) is 4.98 Å². The first kappa shape index (κ1) is 11.8. The minimum absolute atomic E-state index is 0.0720. The van der Waals surface area contributed by atoms with Gasteiger partial charge in [-0.2, -0.15) is 0 Å². The lowest BCUT2D eigenvalue weighted by atomic mass is 10.1. The van der Waals surface area contributed by atoms with Gasteiger partial charge in [-0.05, 0) is 12.5 Å². The third kappa shape index (κ3) is 1.93. The molecule has 1 N–H and O–H groups in total. The van der Waals surface area contributed by atoms with Crippen LogP contribution in [-0.4, -0.2) is 21.0 Å². The Labute approximate surface area is 101 Å². The van der Waals surface area contributed by atoms with Crippen LogP contribution in [0, 0.1) is 17.0 Å². The molecule has 0 aliphatic heterocycles. The van der Waals surface area contributed by atoms with Gasteiger partial charge in [0.2, 0.25) is 5.89 Å². The molecule has 2 aromatic rings. The molecule has 0 atom stereocenters. The zero-order valence-electron chi connectivity index (χ0n) is 9.28. The van der Waals surface area contributed by atoms with Crippen molar-refractivity contribution >= 4 is 11.7 Å². The van der Waals surface area contributed by atoms with Gasteiger partial charge in [0.15, 0.2) is 5.69 Å². The monoisotopic (exact) mass is 248 g/mol. The lowest BCUT2D eigenvalue weighted by Gasteiger charge is -2.01. The highest BCUT2D eigenvalue weighted by Crippen LogP contribution is 2.32. The number of hydrogen-bond donors (Lipinski definition) is 1. The summed E-state index contributed by atoms with van der Waals surface area (Å²) in [5.41, 5.74) is 0.314. The number of aromatic nitrogens is 1. The lowest BCUT2D eigenvalue weighted by Crippen LogP contribution is -1.97. The second-order valence-corrected chi connectivity index (χ2v) is 3.57. The highest BCUT2D eigenvalue weighted by Gasteiger charge is 2.22. The van der Waals surface area contributed by atoms with E-state index in [1.54, 1.807) is 13.0 Å². The summed E-state index contributed by atoms with van der Waals surface area (Å²) in [6.45, 7) is 1.66. The number of rotatable bonds is 3. The average Bonchev–Trinajstić information content (AvgIpc) is 2.77. The molecule has 18 heavy (non-hydrogen) atoms. The fourth-order valence-corrected chi connectivity index (χ4v) is 1.57. The van der Waals surface area contributed by atoms with Crippen LogP contribution in [0.4, 0.5) is 5.69 Å². The normalized spacial score (nSPS) is 10.3. The predicted octanol–water partition coefficient (Wildman–Crippen LogP) is 2.26. The summed E-state index contributed by atoms with van der Waals surface area (Å²) in [6, 6.07) is 4.51. The molecule has 92 valence electrons. The summed E-state index contributed by atoms with van der Waals surface area (Å²) in [5, 5.41) is 19.6. The van der Waals surface area contributed by atoms with Gasteiger partial charge in [0, 0.05) is 6.07 Å². The summed E-state index contributed by atoms with van der Waals surface area (Å²) in [7, 11) is 0. The van der Waals surface area contributed by atoms with Crippen LogP contribution in [0.1, 0.15) is 16.1 Å². The molecule has 0 saturated heterocycles. The minimum atomic E-state index is -1.25. The van der Waals surface area contributed by atoms with E-state index < -0.39 is 10.9 Å². The molecule has 7 heteroatoms. The largest absolute Gasteiger partial charge is 0.476 e. The molecule has 0 bridgehead atoms. The zero-order chi connectivity index (χ0) is 13.3. The summed E-state index contributed by atoms with van der Waals surface area (Å²) in [4.78, 5) is 24.8. The van der Waals surface area contributed by atoms with Crippen molar-refractivity contribution in [2.75, 3.05) is 0 Å². The topological polar surface area (TPSA) is 106 Å². The van der Waals surface area contributed by atoms with E-state index >= 15 is 0 Å². The van der Waals surface area contributed by atoms with Gasteiger partial charge in [-0.3, -0.25) is 10.1 Å². The van der Waals surface area contributed by atoms with Gasteiger partial charge in [0.05, 0.1) is 4.92 Å². The van der Waals surface area contributed by atoms with E-state index in [-0.39, 0.29) is 22.8 Å². The zero-order valence-corrected chi connectivity index (χ0v) is 9.28. The van der Waals surface area contributed by atoms with Gasteiger partial charge in [0.1, 0.15) is 11.8 Å².